The fourth-order valence-corrected chi connectivity index (χ4v) is 2.12. The number of ether oxygens (including phenoxy) is 1. The second-order valence-electron chi connectivity index (χ2n) is 4.13. The van der Waals surface area contributed by atoms with Crippen LogP contribution in [0.25, 0.3) is 0 Å². The summed E-state index contributed by atoms with van der Waals surface area (Å²) in [5.74, 6) is 0.561. The molecule has 1 heterocycles. The zero-order chi connectivity index (χ0) is 14.6. The molecule has 0 fully saturated rings. The van der Waals surface area contributed by atoms with E-state index in [1.54, 1.807) is 31.5 Å². The Bertz CT molecular complexity index is 667. The zero-order valence-corrected chi connectivity index (χ0v) is 11.7. The predicted molar refractivity (Wildman–Crippen MR) is 75.9 cm³/mol. The topological polar surface area (TPSA) is 94.3 Å². The molecule has 0 spiro atoms. The highest BCUT2D eigenvalue weighted by molar-refractivity contribution is 7.89. The van der Waals surface area contributed by atoms with E-state index in [2.05, 4.69) is 10.3 Å². The van der Waals surface area contributed by atoms with E-state index in [9.17, 15) is 8.42 Å². The van der Waals surface area contributed by atoms with Crippen molar-refractivity contribution in [3.8, 4) is 5.88 Å². The number of nitrogens with two attached hydrogens (primary N) is 1. The van der Waals surface area contributed by atoms with Gasteiger partial charge in [0.15, 0.2) is 0 Å². The molecule has 20 heavy (non-hydrogen) atoms. The second kappa shape index (κ2) is 5.89. The average molecular weight is 293 g/mol. The van der Waals surface area contributed by atoms with E-state index in [0.29, 0.717) is 12.4 Å². The number of anilines is 1. The third-order valence-corrected chi connectivity index (χ3v) is 3.62. The van der Waals surface area contributed by atoms with Gasteiger partial charge >= 0.3 is 0 Å². The van der Waals surface area contributed by atoms with Crippen LogP contribution in [0.5, 0.6) is 5.88 Å². The molecule has 1 aromatic carbocycles. The lowest BCUT2D eigenvalue weighted by molar-refractivity contribution is 0.397. The van der Waals surface area contributed by atoms with Gasteiger partial charge in [0.05, 0.1) is 12.0 Å². The highest BCUT2D eigenvalue weighted by atomic mass is 32.2. The van der Waals surface area contributed by atoms with Gasteiger partial charge in [-0.05, 0) is 29.8 Å². The summed E-state index contributed by atoms with van der Waals surface area (Å²) in [6.07, 6.45) is 1.71. The highest BCUT2D eigenvalue weighted by Crippen LogP contribution is 2.14. The molecule has 3 N–H and O–H groups in total. The summed E-state index contributed by atoms with van der Waals surface area (Å²) in [5, 5.41) is 8.19. The minimum Gasteiger partial charge on any atom is -0.481 e. The molecule has 7 heteroatoms. The Kier molecular flexibility index (Phi) is 4.21. The number of hydrogen-bond donors (Lipinski definition) is 2. The summed E-state index contributed by atoms with van der Waals surface area (Å²) in [4.78, 5) is 4.19. The minimum absolute atomic E-state index is 0.0918. The third kappa shape index (κ3) is 3.69. The molecule has 0 atom stereocenters. The zero-order valence-electron chi connectivity index (χ0n) is 10.9. The van der Waals surface area contributed by atoms with Crippen LogP contribution in [-0.4, -0.2) is 20.5 Å². The maximum Gasteiger partial charge on any atom is 0.238 e. The summed E-state index contributed by atoms with van der Waals surface area (Å²) in [5.41, 5.74) is 1.79. The quantitative estimate of drug-likeness (QED) is 0.867. The van der Waals surface area contributed by atoms with Gasteiger partial charge in [0.2, 0.25) is 15.9 Å². The van der Waals surface area contributed by atoms with Gasteiger partial charge in [0.25, 0.3) is 0 Å². The summed E-state index contributed by atoms with van der Waals surface area (Å²) in [6.45, 7) is 0.575. The van der Waals surface area contributed by atoms with Crippen LogP contribution < -0.4 is 15.2 Å². The fraction of sp³-hybridized carbons (Fsp3) is 0.154. The number of nitrogens with one attached hydrogen (secondary N) is 1. The molecule has 2 aromatic rings. The molecule has 0 unspecified atom stereocenters. The van der Waals surface area contributed by atoms with Gasteiger partial charge in [-0.3, -0.25) is 0 Å². The molecular weight excluding hydrogens is 278 g/mol. The van der Waals surface area contributed by atoms with E-state index in [4.69, 9.17) is 9.88 Å². The summed E-state index contributed by atoms with van der Waals surface area (Å²) in [7, 11) is -2.08. The van der Waals surface area contributed by atoms with Crippen molar-refractivity contribution in [1.82, 2.24) is 4.98 Å². The first-order chi connectivity index (χ1) is 9.49. The van der Waals surface area contributed by atoms with E-state index in [1.807, 2.05) is 6.07 Å². The molecule has 0 bridgehead atoms. The molecule has 2 rings (SSSR count). The van der Waals surface area contributed by atoms with Gasteiger partial charge in [-0.15, -0.1) is 0 Å². The summed E-state index contributed by atoms with van der Waals surface area (Å²) in [6, 6.07) is 9.93. The predicted octanol–water partition coefficient (Wildman–Crippen LogP) is 1.35. The van der Waals surface area contributed by atoms with Gasteiger partial charge in [0.1, 0.15) is 0 Å². The maximum atomic E-state index is 11.1. The minimum atomic E-state index is -3.65. The first-order valence-corrected chi connectivity index (χ1v) is 7.39. The Morgan fingerprint density at radius 2 is 1.90 bits per heavy atom. The van der Waals surface area contributed by atoms with Crippen molar-refractivity contribution >= 4 is 15.7 Å². The molecule has 0 aliphatic heterocycles. The number of pyridine rings is 1. The van der Waals surface area contributed by atoms with Crippen LogP contribution in [0.3, 0.4) is 0 Å². The van der Waals surface area contributed by atoms with Crippen LogP contribution in [0.4, 0.5) is 5.69 Å². The Hall–Kier alpha value is -2.12. The maximum absolute atomic E-state index is 11.1. The van der Waals surface area contributed by atoms with Crippen LogP contribution in [0.1, 0.15) is 5.56 Å². The largest absolute Gasteiger partial charge is 0.481 e. The molecule has 0 radical (unpaired) electrons. The Balaban J connectivity index is 2.00. The first-order valence-electron chi connectivity index (χ1n) is 5.85. The van der Waals surface area contributed by atoms with Crippen molar-refractivity contribution in [1.29, 1.82) is 0 Å². The number of nitrogens with zero attached hydrogens (tertiary/aromatic N) is 1. The van der Waals surface area contributed by atoms with Crippen molar-refractivity contribution in [2.75, 3.05) is 12.4 Å². The third-order valence-electron chi connectivity index (χ3n) is 2.69. The van der Waals surface area contributed by atoms with Gasteiger partial charge in [0, 0.05) is 24.5 Å². The van der Waals surface area contributed by atoms with Crippen molar-refractivity contribution in [2.24, 2.45) is 5.14 Å². The number of primary sulfonamides is 1. The molecule has 0 saturated carbocycles. The lowest BCUT2D eigenvalue weighted by atomic mass is 10.2. The SMILES string of the molecule is COc1ccc(CNc2ccc(S(N)(=O)=O)cc2)cn1. The van der Waals surface area contributed by atoms with Gasteiger partial charge in [-0.1, -0.05) is 6.07 Å². The summed E-state index contributed by atoms with van der Waals surface area (Å²) >= 11 is 0. The summed E-state index contributed by atoms with van der Waals surface area (Å²) < 4.78 is 27.2. The molecule has 0 aliphatic carbocycles. The van der Waals surface area contributed by atoms with Crippen LogP contribution in [0, 0.1) is 0 Å². The van der Waals surface area contributed by atoms with Crippen molar-refractivity contribution in [3.63, 3.8) is 0 Å². The van der Waals surface area contributed by atoms with E-state index in [1.165, 1.54) is 12.1 Å². The normalized spacial score (nSPS) is 11.1. The van der Waals surface area contributed by atoms with E-state index < -0.39 is 10.0 Å². The average Bonchev–Trinajstić information content (AvgIpc) is 2.45. The van der Waals surface area contributed by atoms with E-state index in [0.717, 1.165) is 11.3 Å². The molecule has 0 aliphatic rings. The van der Waals surface area contributed by atoms with Gasteiger partial charge < -0.3 is 10.1 Å². The number of rotatable bonds is 5. The van der Waals surface area contributed by atoms with Crippen LogP contribution in [0.2, 0.25) is 0 Å². The van der Waals surface area contributed by atoms with Crippen molar-refractivity contribution in [2.45, 2.75) is 11.4 Å². The number of hydrogen-bond acceptors (Lipinski definition) is 5. The van der Waals surface area contributed by atoms with E-state index >= 15 is 0 Å². The number of benzene rings is 1. The van der Waals surface area contributed by atoms with Crippen LogP contribution in [-0.2, 0) is 16.6 Å². The van der Waals surface area contributed by atoms with Gasteiger partial charge in [-0.2, -0.15) is 0 Å². The lowest BCUT2D eigenvalue weighted by Crippen LogP contribution is -2.12. The Morgan fingerprint density at radius 1 is 1.20 bits per heavy atom. The Labute approximate surface area is 117 Å². The lowest BCUT2D eigenvalue weighted by Gasteiger charge is -2.07. The molecule has 0 amide bonds. The smallest absolute Gasteiger partial charge is 0.238 e. The number of methoxy groups -OCH3 is 1. The highest BCUT2D eigenvalue weighted by Gasteiger charge is 2.06. The molecule has 0 saturated heterocycles. The standard InChI is InChI=1S/C13H15N3O3S/c1-19-13-7-2-10(9-16-13)8-15-11-3-5-12(6-4-11)20(14,17)18/h2-7,9,15H,8H2,1H3,(H2,14,17,18). The van der Waals surface area contributed by atoms with Crippen LogP contribution >= 0.6 is 0 Å². The first kappa shape index (κ1) is 14.3. The fourth-order valence-electron chi connectivity index (χ4n) is 1.60. The van der Waals surface area contributed by atoms with Crippen molar-refractivity contribution < 1.29 is 13.2 Å². The Morgan fingerprint density at radius 3 is 2.40 bits per heavy atom. The number of sulfonamides is 1. The number of aromatic nitrogens is 1. The van der Waals surface area contributed by atoms with E-state index in [-0.39, 0.29) is 4.90 Å². The van der Waals surface area contributed by atoms with Crippen LogP contribution in [0.15, 0.2) is 47.5 Å². The van der Waals surface area contributed by atoms with Crippen molar-refractivity contribution in [3.05, 3.63) is 48.2 Å². The second-order valence-corrected chi connectivity index (χ2v) is 5.69. The molecule has 1 aromatic heterocycles. The molecule has 6 nitrogen and oxygen atoms in total. The van der Waals surface area contributed by atoms with Gasteiger partial charge in [-0.25, -0.2) is 18.5 Å². The molecule has 106 valence electrons. The molecular formula is C13H15N3O3S. The monoisotopic (exact) mass is 293 g/mol.